The SMILES string of the molecule is CC1Oc2ccc(NC(=O)C(C)C(N)c3ccccc3)cc2NC1=O.Cl. The fraction of sp³-hybridized carbons (Fsp3) is 0.263. The number of hydrogen-bond acceptors (Lipinski definition) is 4. The van der Waals surface area contributed by atoms with Crippen molar-refractivity contribution in [2.24, 2.45) is 11.7 Å². The molecule has 3 atom stereocenters. The Bertz CT molecular complexity index is 798. The first-order valence-corrected chi connectivity index (χ1v) is 8.18. The number of rotatable bonds is 4. The molecule has 6 nitrogen and oxygen atoms in total. The minimum atomic E-state index is -0.531. The molecule has 0 spiro atoms. The van der Waals surface area contributed by atoms with Crippen molar-refractivity contribution in [1.29, 1.82) is 0 Å². The first kappa shape index (κ1) is 19.8. The number of anilines is 2. The smallest absolute Gasteiger partial charge is 0.265 e. The summed E-state index contributed by atoms with van der Waals surface area (Å²) < 4.78 is 5.50. The minimum Gasteiger partial charge on any atom is -0.479 e. The zero-order chi connectivity index (χ0) is 18.0. The fourth-order valence-electron chi connectivity index (χ4n) is 2.67. The van der Waals surface area contributed by atoms with E-state index >= 15 is 0 Å². The van der Waals surface area contributed by atoms with Crippen molar-refractivity contribution in [2.75, 3.05) is 10.6 Å². The van der Waals surface area contributed by atoms with Gasteiger partial charge in [-0.15, -0.1) is 12.4 Å². The van der Waals surface area contributed by atoms with E-state index in [9.17, 15) is 9.59 Å². The lowest BCUT2D eigenvalue weighted by atomic mass is 9.94. The van der Waals surface area contributed by atoms with Gasteiger partial charge < -0.3 is 21.1 Å². The summed E-state index contributed by atoms with van der Waals surface area (Å²) >= 11 is 0. The lowest BCUT2D eigenvalue weighted by Gasteiger charge is -2.24. The van der Waals surface area contributed by atoms with Gasteiger partial charge >= 0.3 is 0 Å². The lowest BCUT2D eigenvalue weighted by molar-refractivity contribution is -0.122. The number of halogens is 1. The van der Waals surface area contributed by atoms with Crippen LogP contribution in [0, 0.1) is 5.92 Å². The van der Waals surface area contributed by atoms with Crippen molar-refractivity contribution in [3.63, 3.8) is 0 Å². The maximum Gasteiger partial charge on any atom is 0.265 e. The molecule has 7 heteroatoms. The average Bonchev–Trinajstić information content (AvgIpc) is 2.62. The molecule has 2 aromatic rings. The Morgan fingerprint density at radius 3 is 2.62 bits per heavy atom. The van der Waals surface area contributed by atoms with Gasteiger partial charge in [0.25, 0.3) is 5.91 Å². The van der Waals surface area contributed by atoms with Gasteiger partial charge in [-0.2, -0.15) is 0 Å². The molecule has 0 saturated heterocycles. The Kier molecular flexibility index (Phi) is 6.23. The molecule has 0 bridgehead atoms. The van der Waals surface area contributed by atoms with Crippen LogP contribution < -0.4 is 21.1 Å². The van der Waals surface area contributed by atoms with Crippen LogP contribution in [0.5, 0.6) is 5.75 Å². The molecule has 4 N–H and O–H groups in total. The Balaban J connectivity index is 0.00000243. The predicted octanol–water partition coefficient (Wildman–Crippen LogP) is 3.10. The Morgan fingerprint density at radius 1 is 1.23 bits per heavy atom. The third kappa shape index (κ3) is 4.15. The topological polar surface area (TPSA) is 93.4 Å². The van der Waals surface area contributed by atoms with E-state index < -0.39 is 18.1 Å². The maximum absolute atomic E-state index is 12.5. The quantitative estimate of drug-likeness (QED) is 0.765. The molecule has 0 saturated carbocycles. The summed E-state index contributed by atoms with van der Waals surface area (Å²) in [6.45, 7) is 3.47. The van der Waals surface area contributed by atoms with Gasteiger partial charge in [0.2, 0.25) is 5.91 Å². The normalized spacial score (nSPS) is 17.7. The number of carbonyl (C=O) groups is 2. The molecule has 0 fully saturated rings. The van der Waals surface area contributed by atoms with E-state index in [1.54, 1.807) is 32.0 Å². The summed E-state index contributed by atoms with van der Waals surface area (Å²) in [5.74, 6) is -0.230. The van der Waals surface area contributed by atoms with Gasteiger partial charge in [0, 0.05) is 11.7 Å². The van der Waals surface area contributed by atoms with E-state index in [1.165, 1.54) is 0 Å². The first-order chi connectivity index (χ1) is 12.0. The second-order valence-corrected chi connectivity index (χ2v) is 6.17. The van der Waals surface area contributed by atoms with Crippen LogP contribution in [-0.4, -0.2) is 17.9 Å². The highest BCUT2D eigenvalue weighted by molar-refractivity contribution is 5.99. The number of nitrogens with two attached hydrogens (primary N) is 1. The Hall–Kier alpha value is -2.57. The zero-order valence-electron chi connectivity index (χ0n) is 14.6. The predicted molar refractivity (Wildman–Crippen MR) is 104 cm³/mol. The summed E-state index contributed by atoms with van der Waals surface area (Å²) in [5, 5.41) is 5.60. The Morgan fingerprint density at radius 2 is 1.92 bits per heavy atom. The second-order valence-electron chi connectivity index (χ2n) is 6.17. The molecule has 1 heterocycles. The van der Waals surface area contributed by atoms with Crippen molar-refractivity contribution in [1.82, 2.24) is 0 Å². The van der Waals surface area contributed by atoms with Gasteiger partial charge in [0.15, 0.2) is 6.10 Å². The summed E-state index contributed by atoms with van der Waals surface area (Å²) in [6, 6.07) is 14.2. The number of nitrogens with one attached hydrogen (secondary N) is 2. The molecular weight excluding hydrogens is 354 g/mol. The van der Waals surface area contributed by atoms with Gasteiger partial charge in [-0.05, 0) is 30.7 Å². The van der Waals surface area contributed by atoms with E-state index in [4.69, 9.17) is 10.5 Å². The van der Waals surface area contributed by atoms with Crippen molar-refractivity contribution in [2.45, 2.75) is 26.0 Å². The summed E-state index contributed by atoms with van der Waals surface area (Å²) in [5.41, 5.74) is 8.23. The third-order valence-corrected chi connectivity index (χ3v) is 4.31. The van der Waals surface area contributed by atoms with Crippen LogP contribution in [0.2, 0.25) is 0 Å². The molecule has 0 aromatic heterocycles. The van der Waals surface area contributed by atoms with Gasteiger partial charge in [-0.25, -0.2) is 0 Å². The van der Waals surface area contributed by atoms with Crippen LogP contribution in [0.25, 0.3) is 0 Å². The molecule has 138 valence electrons. The molecule has 3 unspecified atom stereocenters. The van der Waals surface area contributed by atoms with E-state index in [2.05, 4.69) is 10.6 Å². The number of ether oxygens (including phenoxy) is 1. The van der Waals surface area contributed by atoms with E-state index in [1.807, 2.05) is 30.3 Å². The Labute approximate surface area is 158 Å². The maximum atomic E-state index is 12.5. The molecule has 2 aromatic carbocycles. The fourth-order valence-corrected chi connectivity index (χ4v) is 2.67. The average molecular weight is 376 g/mol. The van der Waals surface area contributed by atoms with Crippen molar-refractivity contribution in [3.05, 3.63) is 54.1 Å². The van der Waals surface area contributed by atoms with Crippen LogP contribution in [0.4, 0.5) is 11.4 Å². The number of fused-ring (bicyclic) bond motifs is 1. The van der Waals surface area contributed by atoms with E-state index in [-0.39, 0.29) is 24.2 Å². The number of carbonyl (C=O) groups excluding carboxylic acids is 2. The number of hydrogen-bond donors (Lipinski definition) is 3. The molecule has 3 rings (SSSR count). The molecule has 1 aliphatic rings. The van der Waals surface area contributed by atoms with Crippen LogP contribution in [-0.2, 0) is 9.59 Å². The third-order valence-electron chi connectivity index (χ3n) is 4.31. The monoisotopic (exact) mass is 375 g/mol. The van der Waals surface area contributed by atoms with E-state index in [0.29, 0.717) is 17.1 Å². The highest BCUT2D eigenvalue weighted by Crippen LogP contribution is 2.32. The number of benzene rings is 2. The van der Waals surface area contributed by atoms with Gasteiger partial charge in [-0.3, -0.25) is 9.59 Å². The highest BCUT2D eigenvalue weighted by Gasteiger charge is 2.25. The summed E-state index contributed by atoms with van der Waals surface area (Å²) in [7, 11) is 0. The molecule has 1 aliphatic heterocycles. The van der Waals surface area contributed by atoms with Gasteiger partial charge in [0.05, 0.1) is 11.6 Å². The lowest BCUT2D eigenvalue weighted by Crippen LogP contribution is -2.34. The molecule has 0 radical (unpaired) electrons. The van der Waals surface area contributed by atoms with Crippen molar-refractivity contribution < 1.29 is 14.3 Å². The van der Waals surface area contributed by atoms with Gasteiger partial charge in [-0.1, -0.05) is 37.3 Å². The highest BCUT2D eigenvalue weighted by atomic mass is 35.5. The van der Waals surface area contributed by atoms with Crippen LogP contribution in [0.15, 0.2) is 48.5 Å². The van der Waals surface area contributed by atoms with Crippen molar-refractivity contribution >= 4 is 35.6 Å². The molecule has 26 heavy (non-hydrogen) atoms. The minimum absolute atomic E-state index is 0. The molecule has 2 amide bonds. The number of amides is 2. The van der Waals surface area contributed by atoms with Crippen LogP contribution in [0.3, 0.4) is 0 Å². The molecular formula is C19H22ClN3O3. The van der Waals surface area contributed by atoms with Crippen LogP contribution >= 0.6 is 12.4 Å². The summed E-state index contributed by atoms with van der Waals surface area (Å²) in [6.07, 6.45) is -0.531. The largest absolute Gasteiger partial charge is 0.479 e. The van der Waals surface area contributed by atoms with E-state index in [0.717, 1.165) is 5.56 Å². The second kappa shape index (κ2) is 8.21. The van der Waals surface area contributed by atoms with Gasteiger partial charge in [0.1, 0.15) is 5.75 Å². The van der Waals surface area contributed by atoms with Crippen molar-refractivity contribution in [3.8, 4) is 5.75 Å². The summed E-state index contributed by atoms with van der Waals surface area (Å²) in [4.78, 5) is 24.2. The first-order valence-electron chi connectivity index (χ1n) is 8.18. The van der Waals surface area contributed by atoms with Crippen LogP contribution in [0.1, 0.15) is 25.5 Å². The zero-order valence-corrected chi connectivity index (χ0v) is 15.4. The molecule has 0 aliphatic carbocycles. The standard InChI is InChI=1S/C19H21N3O3.ClH/c1-11(17(20)13-6-4-3-5-7-13)18(23)21-14-8-9-16-15(10-14)22-19(24)12(2)25-16;/h3-12,17H,20H2,1-2H3,(H,21,23)(H,22,24);1H.